The maximum absolute atomic E-state index is 10.5. The van der Waals surface area contributed by atoms with Gasteiger partial charge < -0.3 is 14.6 Å². The summed E-state index contributed by atoms with van der Waals surface area (Å²) in [5.41, 5.74) is 0. The van der Waals surface area contributed by atoms with E-state index in [0.717, 1.165) is 18.2 Å². The summed E-state index contributed by atoms with van der Waals surface area (Å²) in [6, 6.07) is 0. The van der Waals surface area contributed by atoms with Gasteiger partial charge in [0.1, 0.15) is 0 Å². The van der Waals surface area contributed by atoms with Crippen molar-refractivity contribution in [3.8, 4) is 0 Å². The highest BCUT2D eigenvalue weighted by atomic mass is 79.9. The molecule has 4 nitrogen and oxygen atoms in total. The summed E-state index contributed by atoms with van der Waals surface area (Å²) in [6.45, 7) is 1.14. The van der Waals surface area contributed by atoms with Crippen LogP contribution in [0.5, 0.6) is 0 Å². The lowest BCUT2D eigenvalue weighted by Crippen LogP contribution is -2.31. The Morgan fingerprint density at radius 1 is 1.36 bits per heavy atom. The molecule has 0 aromatic rings. The lowest BCUT2D eigenvalue weighted by molar-refractivity contribution is -0.172. The van der Waals surface area contributed by atoms with Gasteiger partial charge in [0.05, 0.1) is 19.6 Å². The lowest BCUT2D eigenvalue weighted by Gasteiger charge is -2.26. The van der Waals surface area contributed by atoms with E-state index < -0.39 is 11.8 Å². The van der Waals surface area contributed by atoms with Gasteiger partial charge in [-0.1, -0.05) is 15.9 Å². The summed E-state index contributed by atoms with van der Waals surface area (Å²) in [7, 11) is 0. The molecule has 1 fully saturated rings. The molecule has 0 aromatic carbocycles. The average molecular weight is 267 g/mol. The van der Waals surface area contributed by atoms with E-state index in [2.05, 4.69) is 15.9 Å². The van der Waals surface area contributed by atoms with E-state index in [9.17, 15) is 4.79 Å². The fourth-order valence-corrected chi connectivity index (χ4v) is 1.82. The molecule has 0 saturated carbocycles. The molecule has 0 spiro atoms. The van der Waals surface area contributed by atoms with E-state index in [0.29, 0.717) is 19.6 Å². The zero-order valence-corrected chi connectivity index (χ0v) is 9.59. The Kier molecular flexibility index (Phi) is 4.84. The van der Waals surface area contributed by atoms with Gasteiger partial charge in [-0.15, -0.1) is 0 Å². The first kappa shape index (κ1) is 11.9. The minimum atomic E-state index is -0.803. The van der Waals surface area contributed by atoms with Crippen LogP contribution in [0.25, 0.3) is 0 Å². The second-order valence-corrected chi connectivity index (χ2v) is 4.09. The Hall–Kier alpha value is -0.130. The predicted molar refractivity (Wildman–Crippen MR) is 54.5 cm³/mol. The number of carboxylic acids is 1. The van der Waals surface area contributed by atoms with Crippen molar-refractivity contribution in [1.82, 2.24) is 0 Å². The summed E-state index contributed by atoms with van der Waals surface area (Å²) in [4.78, 5) is 10.5. The number of ether oxygens (including phenoxy) is 2. The Morgan fingerprint density at radius 2 is 2.00 bits per heavy atom. The SMILES string of the molecule is O=C(O)CCC1(CCCBr)OCCO1. The van der Waals surface area contributed by atoms with E-state index in [1.807, 2.05) is 0 Å². The normalized spacial score (nSPS) is 19.8. The average Bonchev–Trinajstić information content (AvgIpc) is 2.61. The fourth-order valence-electron chi connectivity index (χ4n) is 1.54. The van der Waals surface area contributed by atoms with Gasteiger partial charge in [0, 0.05) is 18.2 Å². The van der Waals surface area contributed by atoms with E-state index >= 15 is 0 Å². The number of carbonyl (C=O) groups is 1. The zero-order valence-electron chi connectivity index (χ0n) is 8.00. The highest BCUT2D eigenvalue weighted by Crippen LogP contribution is 2.30. The molecule has 0 atom stereocenters. The van der Waals surface area contributed by atoms with E-state index in [-0.39, 0.29) is 6.42 Å². The van der Waals surface area contributed by atoms with E-state index in [1.165, 1.54) is 0 Å². The summed E-state index contributed by atoms with van der Waals surface area (Å²) >= 11 is 3.33. The van der Waals surface area contributed by atoms with Crippen LogP contribution < -0.4 is 0 Å². The molecule has 1 saturated heterocycles. The number of alkyl halides is 1. The third kappa shape index (κ3) is 3.55. The standard InChI is InChI=1S/C9H15BrO4/c10-5-1-3-9(4-2-8(11)12)13-6-7-14-9/h1-7H2,(H,11,12). The summed E-state index contributed by atoms with van der Waals surface area (Å²) < 4.78 is 11.0. The Morgan fingerprint density at radius 3 is 2.50 bits per heavy atom. The number of hydrogen-bond acceptors (Lipinski definition) is 3. The number of carboxylic acid groups (broad SMARTS) is 1. The van der Waals surface area contributed by atoms with Gasteiger partial charge in [0.2, 0.25) is 0 Å². The molecule has 1 N–H and O–H groups in total. The van der Waals surface area contributed by atoms with Crippen molar-refractivity contribution in [3.05, 3.63) is 0 Å². The van der Waals surface area contributed by atoms with Gasteiger partial charge in [0.15, 0.2) is 5.79 Å². The van der Waals surface area contributed by atoms with Crippen LogP contribution in [-0.2, 0) is 14.3 Å². The fraction of sp³-hybridized carbons (Fsp3) is 0.889. The van der Waals surface area contributed by atoms with Crippen LogP contribution in [0.3, 0.4) is 0 Å². The minimum Gasteiger partial charge on any atom is -0.481 e. The van der Waals surface area contributed by atoms with Gasteiger partial charge in [-0.25, -0.2) is 0 Å². The lowest BCUT2D eigenvalue weighted by atomic mass is 10.1. The molecule has 0 aliphatic carbocycles. The third-order valence-corrected chi connectivity index (χ3v) is 2.79. The molecule has 14 heavy (non-hydrogen) atoms. The van der Waals surface area contributed by atoms with Crippen molar-refractivity contribution in [2.75, 3.05) is 18.5 Å². The van der Waals surface area contributed by atoms with Crippen LogP contribution in [0.2, 0.25) is 0 Å². The molecule has 0 radical (unpaired) electrons. The maximum Gasteiger partial charge on any atom is 0.303 e. The van der Waals surface area contributed by atoms with Crippen LogP contribution in [0.15, 0.2) is 0 Å². The van der Waals surface area contributed by atoms with Gasteiger partial charge in [0.25, 0.3) is 0 Å². The van der Waals surface area contributed by atoms with Crippen LogP contribution in [0, 0.1) is 0 Å². The molecule has 82 valence electrons. The van der Waals surface area contributed by atoms with Crippen LogP contribution in [0.4, 0.5) is 0 Å². The maximum atomic E-state index is 10.5. The van der Waals surface area contributed by atoms with Crippen molar-refractivity contribution in [2.45, 2.75) is 31.5 Å². The van der Waals surface area contributed by atoms with Crippen molar-refractivity contribution in [2.24, 2.45) is 0 Å². The molecule has 0 amide bonds. The monoisotopic (exact) mass is 266 g/mol. The zero-order chi connectivity index (χ0) is 10.4. The summed E-state index contributed by atoms with van der Waals surface area (Å²) in [5.74, 6) is -1.44. The Labute approximate surface area is 91.7 Å². The first-order chi connectivity index (χ1) is 6.68. The van der Waals surface area contributed by atoms with Crippen LogP contribution in [0.1, 0.15) is 25.7 Å². The first-order valence-electron chi connectivity index (χ1n) is 4.74. The van der Waals surface area contributed by atoms with Gasteiger partial charge in [-0.2, -0.15) is 0 Å². The second kappa shape index (κ2) is 5.68. The van der Waals surface area contributed by atoms with Crippen LogP contribution >= 0.6 is 15.9 Å². The van der Waals surface area contributed by atoms with Gasteiger partial charge >= 0.3 is 5.97 Å². The molecule has 1 aliphatic rings. The van der Waals surface area contributed by atoms with Gasteiger partial charge in [-0.3, -0.25) is 4.79 Å². The van der Waals surface area contributed by atoms with Crippen LogP contribution in [-0.4, -0.2) is 35.4 Å². The van der Waals surface area contributed by atoms with Crippen molar-refractivity contribution in [1.29, 1.82) is 0 Å². The number of rotatable bonds is 6. The third-order valence-electron chi connectivity index (χ3n) is 2.22. The van der Waals surface area contributed by atoms with Crippen molar-refractivity contribution < 1.29 is 19.4 Å². The van der Waals surface area contributed by atoms with Gasteiger partial charge in [-0.05, 0) is 6.42 Å². The highest BCUT2D eigenvalue weighted by molar-refractivity contribution is 9.09. The number of aliphatic carboxylic acids is 1. The van der Waals surface area contributed by atoms with E-state index in [4.69, 9.17) is 14.6 Å². The molecular formula is C9H15BrO4. The quantitative estimate of drug-likeness (QED) is 0.745. The number of hydrogen-bond donors (Lipinski definition) is 1. The molecule has 0 unspecified atom stereocenters. The minimum absolute atomic E-state index is 0.0995. The molecule has 1 aliphatic heterocycles. The smallest absolute Gasteiger partial charge is 0.303 e. The molecule has 5 heteroatoms. The second-order valence-electron chi connectivity index (χ2n) is 3.29. The molecule has 1 rings (SSSR count). The number of halogens is 1. The summed E-state index contributed by atoms with van der Waals surface area (Å²) in [5, 5.41) is 9.48. The molecular weight excluding hydrogens is 252 g/mol. The Balaban J connectivity index is 2.40. The van der Waals surface area contributed by atoms with E-state index in [1.54, 1.807) is 0 Å². The largest absolute Gasteiger partial charge is 0.481 e. The molecule has 0 bridgehead atoms. The molecule has 1 heterocycles. The predicted octanol–water partition coefficient (Wildman–Crippen LogP) is 1.77. The van der Waals surface area contributed by atoms with Crippen molar-refractivity contribution >= 4 is 21.9 Å². The Bertz CT molecular complexity index is 189. The first-order valence-corrected chi connectivity index (χ1v) is 5.86. The highest BCUT2D eigenvalue weighted by Gasteiger charge is 2.35. The van der Waals surface area contributed by atoms with Crippen molar-refractivity contribution in [3.63, 3.8) is 0 Å². The topological polar surface area (TPSA) is 55.8 Å². The summed E-state index contributed by atoms with van der Waals surface area (Å²) in [6.07, 6.45) is 2.22. The molecule has 0 aromatic heterocycles.